The van der Waals surface area contributed by atoms with E-state index in [1.165, 1.54) is 27.9 Å². The molecule has 1 aliphatic heterocycles. The molecule has 0 aromatic rings. The van der Waals surface area contributed by atoms with Gasteiger partial charge in [-0.05, 0) is 27.7 Å². The van der Waals surface area contributed by atoms with Gasteiger partial charge in [0, 0.05) is 7.11 Å². The number of methoxy groups -OCH3 is 1. The second-order valence-corrected chi connectivity index (χ2v) is 5.19. The number of carbonyl (C=O) groups excluding carboxylic acids is 3. The molecule has 2 unspecified atom stereocenters. The van der Waals surface area contributed by atoms with E-state index in [-0.39, 0.29) is 13.2 Å². The van der Waals surface area contributed by atoms with Crippen molar-refractivity contribution in [1.29, 1.82) is 0 Å². The molecule has 1 fully saturated rings. The summed E-state index contributed by atoms with van der Waals surface area (Å²) in [5.41, 5.74) is -2.57. The molecule has 6 heteroatoms. The summed E-state index contributed by atoms with van der Waals surface area (Å²) in [4.78, 5) is 36.3. The van der Waals surface area contributed by atoms with Gasteiger partial charge in [0.25, 0.3) is 0 Å². The van der Waals surface area contributed by atoms with Crippen LogP contribution in [0, 0.1) is 5.92 Å². The molecule has 0 amide bonds. The second kappa shape index (κ2) is 5.38. The Balaban J connectivity index is 3.16. The molecule has 0 N–H and O–H groups in total. The highest BCUT2D eigenvalue weighted by molar-refractivity contribution is 6.23. The van der Waals surface area contributed by atoms with Crippen LogP contribution in [0.25, 0.3) is 0 Å². The molecule has 0 aliphatic carbocycles. The summed E-state index contributed by atoms with van der Waals surface area (Å²) in [7, 11) is 1.42. The van der Waals surface area contributed by atoms with Crippen molar-refractivity contribution in [3.05, 3.63) is 0 Å². The summed E-state index contributed by atoms with van der Waals surface area (Å²) >= 11 is 0. The predicted molar refractivity (Wildman–Crippen MR) is 65.6 cm³/mol. The van der Waals surface area contributed by atoms with E-state index in [1.807, 2.05) is 0 Å². The minimum absolute atomic E-state index is 0.0293. The van der Waals surface area contributed by atoms with Gasteiger partial charge in [-0.1, -0.05) is 0 Å². The van der Waals surface area contributed by atoms with Gasteiger partial charge in [0.05, 0.1) is 13.2 Å². The van der Waals surface area contributed by atoms with Crippen LogP contribution in [0.15, 0.2) is 0 Å². The third-order valence-electron chi connectivity index (χ3n) is 3.06. The molecule has 1 rings (SSSR count). The van der Waals surface area contributed by atoms with Crippen molar-refractivity contribution in [3.8, 4) is 0 Å². The molecule has 1 aliphatic rings. The summed E-state index contributed by atoms with van der Waals surface area (Å²) in [5, 5.41) is 0. The number of hydrogen-bond donors (Lipinski definition) is 0. The Morgan fingerprint density at radius 2 is 1.84 bits per heavy atom. The number of ether oxygens (including phenoxy) is 3. The van der Waals surface area contributed by atoms with E-state index in [9.17, 15) is 14.4 Å². The SMILES string of the molecule is CCOC(=O)C1C(=O)C(C)(C)OC(C)(COC)C1=O. The topological polar surface area (TPSA) is 78.9 Å². The minimum Gasteiger partial charge on any atom is -0.465 e. The highest BCUT2D eigenvalue weighted by Gasteiger charge is 2.57. The molecule has 0 radical (unpaired) electrons. The van der Waals surface area contributed by atoms with E-state index in [1.54, 1.807) is 6.92 Å². The fraction of sp³-hybridized carbons (Fsp3) is 0.769. The second-order valence-electron chi connectivity index (χ2n) is 5.19. The van der Waals surface area contributed by atoms with Crippen molar-refractivity contribution >= 4 is 17.5 Å². The Kier molecular flexibility index (Phi) is 4.47. The van der Waals surface area contributed by atoms with Crippen LogP contribution in [0.3, 0.4) is 0 Å². The molecule has 0 aromatic carbocycles. The highest BCUT2D eigenvalue weighted by atomic mass is 16.6. The summed E-state index contributed by atoms with van der Waals surface area (Å²) < 4.78 is 15.3. The molecule has 6 nitrogen and oxygen atoms in total. The summed E-state index contributed by atoms with van der Waals surface area (Å²) in [5.74, 6) is -3.46. The van der Waals surface area contributed by atoms with Crippen molar-refractivity contribution in [1.82, 2.24) is 0 Å². The zero-order chi connectivity index (χ0) is 14.8. The van der Waals surface area contributed by atoms with Gasteiger partial charge in [-0.2, -0.15) is 0 Å². The van der Waals surface area contributed by atoms with Crippen molar-refractivity contribution < 1.29 is 28.6 Å². The Hall–Kier alpha value is -1.27. The van der Waals surface area contributed by atoms with E-state index < -0.39 is 34.7 Å². The summed E-state index contributed by atoms with van der Waals surface area (Å²) in [6.45, 7) is 6.27. The van der Waals surface area contributed by atoms with Crippen LogP contribution in [-0.2, 0) is 28.6 Å². The van der Waals surface area contributed by atoms with Gasteiger partial charge in [0.15, 0.2) is 17.5 Å². The zero-order valence-electron chi connectivity index (χ0n) is 11.9. The molecule has 0 saturated carbocycles. The van der Waals surface area contributed by atoms with Gasteiger partial charge in [-0.15, -0.1) is 0 Å². The number of Topliss-reactive ketones (excluding diaryl/α,β-unsaturated/α-hetero) is 2. The fourth-order valence-electron chi connectivity index (χ4n) is 2.25. The molecule has 0 bridgehead atoms. The predicted octanol–water partition coefficient (Wildman–Crippen LogP) is 0.518. The minimum atomic E-state index is -1.44. The fourth-order valence-corrected chi connectivity index (χ4v) is 2.25. The lowest BCUT2D eigenvalue weighted by atomic mass is 9.78. The maximum Gasteiger partial charge on any atom is 0.324 e. The van der Waals surface area contributed by atoms with Gasteiger partial charge in [-0.25, -0.2) is 0 Å². The first-order valence-electron chi connectivity index (χ1n) is 6.14. The molecule has 1 saturated heterocycles. The Labute approximate surface area is 112 Å². The Bertz CT molecular complexity index is 400. The Morgan fingerprint density at radius 3 is 2.32 bits per heavy atom. The van der Waals surface area contributed by atoms with E-state index in [0.717, 1.165) is 0 Å². The smallest absolute Gasteiger partial charge is 0.324 e. The van der Waals surface area contributed by atoms with E-state index in [4.69, 9.17) is 14.2 Å². The van der Waals surface area contributed by atoms with E-state index in [0.29, 0.717) is 0 Å². The zero-order valence-corrected chi connectivity index (χ0v) is 11.9. The van der Waals surface area contributed by atoms with Crippen molar-refractivity contribution in [2.75, 3.05) is 20.3 Å². The monoisotopic (exact) mass is 272 g/mol. The Morgan fingerprint density at radius 1 is 1.26 bits per heavy atom. The van der Waals surface area contributed by atoms with E-state index in [2.05, 4.69) is 0 Å². The molecular formula is C13H20O6. The highest BCUT2D eigenvalue weighted by Crippen LogP contribution is 2.34. The normalized spacial score (nSPS) is 30.3. The lowest BCUT2D eigenvalue weighted by molar-refractivity contribution is -0.203. The van der Waals surface area contributed by atoms with Crippen LogP contribution in [0.4, 0.5) is 0 Å². The number of rotatable bonds is 4. The molecule has 1 heterocycles. The third-order valence-corrected chi connectivity index (χ3v) is 3.06. The van der Waals surface area contributed by atoms with Gasteiger partial charge in [0.2, 0.25) is 0 Å². The quantitative estimate of drug-likeness (QED) is 0.548. The van der Waals surface area contributed by atoms with Crippen LogP contribution in [0.1, 0.15) is 27.7 Å². The van der Waals surface area contributed by atoms with Crippen molar-refractivity contribution in [2.24, 2.45) is 5.92 Å². The molecule has 0 aromatic heterocycles. The first-order valence-corrected chi connectivity index (χ1v) is 6.14. The lowest BCUT2D eigenvalue weighted by Crippen LogP contribution is -2.63. The molecule has 108 valence electrons. The van der Waals surface area contributed by atoms with E-state index >= 15 is 0 Å². The maximum absolute atomic E-state index is 12.3. The van der Waals surface area contributed by atoms with Gasteiger partial charge in [-0.3, -0.25) is 14.4 Å². The summed E-state index contributed by atoms with van der Waals surface area (Å²) in [6.07, 6.45) is 0. The van der Waals surface area contributed by atoms with Crippen LogP contribution in [0.2, 0.25) is 0 Å². The molecule has 2 atom stereocenters. The lowest BCUT2D eigenvalue weighted by Gasteiger charge is -2.42. The number of ketones is 2. The molecule has 0 spiro atoms. The average molecular weight is 272 g/mol. The van der Waals surface area contributed by atoms with Crippen LogP contribution < -0.4 is 0 Å². The van der Waals surface area contributed by atoms with Crippen LogP contribution in [-0.4, -0.2) is 49.1 Å². The summed E-state index contributed by atoms with van der Waals surface area (Å²) in [6, 6.07) is 0. The van der Waals surface area contributed by atoms with Crippen LogP contribution in [0.5, 0.6) is 0 Å². The van der Waals surface area contributed by atoms with Gasteiger partial charge >= 0.3 is 5.97 Å². The van der Waals surface area contributed by atoms with Crippen molar-refractivity contribution in [3.63, 3.8) is 0 Å². The largest absolute Gasteiger partial charge is 0.465 e. The van der Waals surface area contributed by atoms with Gasteiger partial charge in [0.1, 0.15) is 11.2 Å². The molecule has 19 heavy (non-hydrogen) atoms. The molecular weight excluding hydrogens is 252 g/mol. The number of esters is 1. The number of hydrogen-bond acceptors (Lipinski definition) is 6. The van der Waals surface area contributed by atoms with Crippen LogP contribution >= 0.6 is 0 Å². The first-order chi connectivity index (χ1) is 8.69. The average Bonchev–Trinajstić information content (AvgIpc) is 2.27. The van der Waals surface area contributed by atoms with Gasteiger partial charge < -0.3 is 14.2 Å². The maximum atomic E-state index is 12.3. The first kappa shape index (κ1) is 15.8. The third kappa shape index (κ3) is 2.84. The number of carbonyl (C=O) groups is 3. The standard InChI is InChI=1S/C13H20O6/c1-6-18-11(16)8-9(14)12(2,3)19-13(4,7-17-5)10(8)15/h8H,6-7H2,1-5H3. The van der Waals surface area contributed by atoms with Crippen molar-refractivity contribution in [2.45, 2.75) is 38.9 Å².